The Morgan fingerprint density at radius 1 is 1.60 bits per heavy atom. The van der Waals surface area contributed by atoms with Crippen molar-refractivity contribution in [2.75, 3.05) is 18.9 Å². The van der Waals surface area contributed by atoms with Gasteiger partial charge in [0, 0.05) is 18.4 Å². The Labute approximate surface area is 89.4 Å². The molecule has 0 saturated carbocycles. The smallest absolute Gasteiger partial charge is 0.128 e. The van der Waals surface area contributed by atoms with E-state index in [0.29, 0.717) is 19.0 Å². The van der Waals surface area contributed by atoms with Crippen LogP contribution >= 0.6 is 0 Å². The van der Waals surface area contributed by atoms with Gasteiger partial charge in [0.25, 0.3) is 0 Å². The van der Waals surface area contributed by atoms with E-state index in [4.69, 9.17) is 15.2 Å². The molecule has 0 spiro atoms. The number of rotatable bonds is 4. The first kappa shape index (κ1) is 10.4. The van der Waals surface area contributed by atoms with Crippen LogP contribution in [-0.2, 0) is 16.1 Å². The summed E-state index contributed by atoms with van der Waals surface area (Å²) in [6, 6.07) is 3.79. The summed E-state index contributed by atoms with van der Waals surface area (Å²) in [5.41, 5.74) is 6.63. The highest BCUT2D eigenvalue weighted by Crippen LogP contribution is 2.14. The van der Waals surface area contributed by atoms with Crippen molar-refractivity contribution in [3.05, 3.63) is 23.9 Å². The number of aromatic nitrogens is 1. The summed E-state index contributed by atoms with van der Waals surface area (Å²) in [6.07, 6.45) is 4.19. The lowest BCUT2D eigenvalue weighted by molar-refractivity contribution is 0.0107. The first-order chi connectivity index (χ1) is 7.36. The Balaban J connectivity index is 1.75. The molecule has 1 unspecified atom stereocenters. The maximum atomic E-state index is 5.69. The molecule has 2 N–H and O–H groups in total. The van der Waals surface area contributed by atoms with Crippen molar-refractivity contribution >= 4 is 5.82 Å². The lowest BCUT2D eigenvalue weighted by atomic mass is 10.2. The predicted octanol–water partition coefficient (Wildman–Crippen LogP) is 1.36. The van der Waals surface area contributed by atoms with E-state index in [1.54, 1.807) is 6.20 Å². The Morgan fingerprint density at radius 2 is 2.53 bits per heavy atom. The third-order valence-corrected chi connectivity index (χ3v) is 2.51. The first-order valence-electron chi connectivity index (χ1n) is 5.25. The molecule has 1 saturated heterocycles. The summed E-state index contributed by atoms with van der Waals surface area (Å²) >= 11 is 0. The summed E-state index contributed by atoms with van der Waals surface area (Å²) in [4.78, 5) is 4.00. The van der Waals surface area contributed by atoms with Crippen LogP contribution in [0.25, 0.3) is 0 Å². The molecular weight excluding hydrogens is 192 g/mol. The zero-order chi connectivity index (χ0) is 10.5. The molecule has 0 amide bonds. The van der Waals surface area contributed by atoms with Crippen LogP contribution in [0.3, 0.4) is 0 Å². The summed E-state index contributed by atoms with van der Waals surface area (Å²) in [6.45, 7) is 2.02. The molecule has 1 aliphatic heterocycles. The van der Waals surface area contributed by atoms with E-state index in [0.717, 1.165) is 25.0 Å². The lowest BCUT2D eigenvalue weighted by Crippen LogP contribution is -2.14. The molecule has 1 aromatic rings. The summed E-state index contributed by atoms with van der Waals surface area (Å²) in [5.74, 6) is 0.546. The van der Waals surface area contributed by atoms with Crippen LogP contribution in [0.4, 0.5) is 5.82 Å². The van der Waals surface area contributed by atoms with Crippen LogP contribution < -0.4 is 5.73 Å². The summed E-state index contributed by atoms with van der Waals surface area (Å²) in [7, 11) is 0. The third kappa shape index (κ3) is 2.91. The average Bonchev–Trinajstić information content (AvgIpc) is 2.74. The highest BCUT2D eigenvalue weighted by molar-refractivity contribution is 5.37. The van der Waals surface area contributed by atoms with Crippen molar-refractivity contribution in [1.82, 2.24) is 4.98 Å². The number of nitrogens with zero attached hydrogens (tertiary/aromatic N) is 1. The van der Waals surface area contributed by atoms with Crippen LogP contribution in [-0.4, -0.2) is 24.3 Å². The minimum absolute atomic E-state index is 0.267. The molecular formula is C11H16N2O2. The fourth-order valence-electron chi connectivity index (χ4n) is 1.65. The number of nitrogens with two attached hydrogens (primary N) is 1. The summed E-state index contributed by atoms with van der Waals surface area (Å²) in [5, 5.41) is 0. The van der Waals surface area contributed by atoms with Crippen molar-refractivity contribution in [2.45, 2.75) is 25.6 Å². The van der Waals surface area contributed by atoms with Gasteiger partial charge in [0.1, 0.15) is 5.82 Å². The second kappa shape index (κ2) is 5.09. The van der Waals surface area contributed by atoms with Gasteiger partial charge in [-0.15, -0.1) is 0 Å². The van der Waals surface area contributed by atoms with Crippen molar-refractivity contribution < 1.29 is 9.47 Å². The average molecular weight is 208 g/mol. The van der Waals surface area contributed by atoms with Crippen molar-refractivity contribution in [3.8, 4) is 0 Å². The molecule has 4 heteroatoms. The molecule has 0 aliphatic carbocycles. The second-order valence-electron chi connectivity index (χ2n) is 3.70. The van der Waals surface area contributed by atoms with Gasteiger partial charge in [-0.3, -0.25) is 0 Å². The Hall–Kier alpha value is -1.13. The second-order valence-corrected chi connectivity index (χ2v) is 3.70. The Morgan fingerprint density at radius 3 is 3.27 bits per heavy atom. The first-order valence-corrected chi connectivity index (χ1v) is 5.25. The van der Waals surface area contributed by atoms with Crippen molar-refractivity contribution in [1.29, 1.82) is 0 Å². The minimum atomic E-state index is 0.267. The largest absolute Gasteiger partial charge is 0.383 e. The maximum absolute atomic E-state index is 5.69. The van der Waals surface area contributed by atoms with Crippen molar-refractivity contribution in [3.63, 3.8) is 0 Å². The van der Waals surface area contributed by atoms with Gasteiger partial charge in [0.15, 0.2) is 0 Å². The SMILES string of the molecule is Nc1ncccc1COCC1CCCO1. The van der Waals surface area contributed by atoms with Gasteiger partial charge >= 0.3 is 0 Å². The quantitative estimate of drug-likeness (QED) is 0.811. The highest BCUT2D eigenvalue weighted by atomic mass is 16.5. The standard InChI is InChI=1S/C11H16N2O2/c12-11-9(3-1-5-13-11)7-14-8-10-4-2-6-15-10/h1,3,5,10H,2,4,6-8H2,(H2,12,13). The normalized spacial score (nSPS) is 20.7. The molecule has 4 nitrogen and oxygen atoms in total. The van der Waals surface area contributed by atoms with Gasteiger partial charge in [-0.2, -0.15) is 0 Å². The van der Waals surface area contributed by atoms with Gasteiger partial charge in [-0.25, -0.2) is 4.98 Å². The number of anilines is 1. The molecule has 0 aromatic carbocycles. The lowest BCUT2D eigenvalue weighted by Gasteiger charge is -2.10. The van der Waals surface area contributed by atoms with Gasteiger partial charge in [-0.05, 0) is 18.9 Å². The number of hydrogen-bond acceptors (Lipinski definition) is 4. The molecule has 2 heterocycles. The molecule has 1 aromatic heterocycles. The molecule has 1 atom stereocenters. The zero-order valence-electron chi connectivity index (χ0n) is 8.69. The van der Waals surface area contributed by atoms with Gasteiger partial charge < -0.3 is 15.2 Å². The molecule has 0 bridgehead atoms. The van der Waals surface area contributed by atoms with Crippen LogP contribution in [0.2, 0.25) is 0 Å². The highest BCUT2D eigenvalue weighted by Gasteiger charge is 2.15. The molecule has 1 aliphatic rings. The minimum Gasteiger partial charge on any atom is -0.383 e. The predicted molar refractivity (Wildman–Crippen MR) is 57.3 cm³/mol. The monoisotopic (exact) mass is 208 g/mol. The van der Waals surface area contributed by atoms with Crippen LogP contribution in [0, 0.1) is 0 Å². The van der Waals surface area contributed by atoms with Crippen LogP contribution in [0.15, 0.2) is 18.3 Å². The van der Waals surface area contributed by atoms with E-state index in [1.807, 2.05) is 12.1 Å². The Kier molecular flexibility index (Phi) is 3.53. The number of pyridine rings is 1. The van der Waals surface area contributed by atoms with E-state index in [-0.39, 0.29) is 6.10 Å². The maximum Gasteiger partial charge on any atom is 0.128 e. The van der Waals surface area contributed by atoms with Gasteiger partial charge in [-0.1, -0.05) is 6.07 Å². The number of nitrogen functional groups attached to an aromatic ring is 1. The topological polar surface area (TPSA) is 57.4 Å². The van der Waals surface area contributed by atoms with Crippen LogP contribution in [0.5, 0.6) is 0 Å². The number of hydrogen-bond donors (Lipinski definition) is 1. The molecule has 1 fully saturated rings. The molecule has 15 heavy (non-hydrogen) atoms. The van der Waals surface area contributed by atoms with E-state index < -0.39 is 0 Å². The van der Waals surface area contributed by atoms with Gasteiger partial charge in [0.05, 0.1) is 19.3 Å². The van der Waals surface area contributed by atoms with E-state index in [1.165, 1.54) is 0 Å². The third-order valence-electron chi connectivity index (χ3n) is 2.51. The zero-order valence-corrected chi connectivity index (χ0v) is 8.69. The van der Waals surface area contributed by atoms with Gasteiger partial charge in [0.2, 0.25) is 0 Å². The van der Waals surface area contributed by atoms with E-state index in [2.05, 4.69) is 4.98 Å². The fourth-order valence-corrected chi connectivity index (χ4v) is 1.65. The van der Waals surface area contributed by atoms with E-state index >= 15 is 0 Å². The summed E-state index contributed by atoms with van der Waals surface area (Å²) < 4.78 is 11.0. The fraction of sp³-hybridized carbons (Fsp3) is 0.545. The Bertz CT molecular complexity index is 311. The molecule has 82 valence electrons. The number of ether oxygens (including phenoxy) is 2. The van der Waals surface area contributed by atoms with E-state index in [9.17, 15) is 0 Å². The molecule has 0 radical (unpaired) electrons. The van der Waals surface area contributed by atoms with Crippen LogP contribution in [0.1, 0.15) is 18.4 Å². The molecule has 2 rings (SSSR count). The van der Waals surface area contributed by atoms with Crippen molar-refractivity contribution in [2.24, 2.45) is 0 Å².